The summed E-state index contributed by atoms with van der Waals surface area (Å²) in [6.07, 6.45) is 1.13. The molecule has 0 spiro atoms. The monoisotopic (exact) mass is 1010 g/mol. The van der Waals surface area contributed by atoms with Crippen LogP contribution in [0.15, 0.2) is 261 Å². The number of benzene rings is 9. The average Bonchev–Trinajstić information content (AvgIpc) is 4.12. The summed E-state index contributed by atoms with van der Waals surface area (Å²) < 4.78 is 11.8. The van der Waals surface area contributed by atoms with Crippen molar-refractivity contribution in [2.75, 3.05) is 11.5 Å². The summed E-state index contributed by atoms with van der Waals surface area (Å²) in [5.74, 6) is -1.09. The van der Waals surface area contributed by atoms with Crippen molar-refractivity contribution >= 4 is 52.1 Å². The van der Waals surface area contributed by atoms with Crippen molar-refractivity contribution in [3.8, 4) is 22.3 Å². The Bertz CT molecular complexity index is 3430. The van der Waals surface area contributed by atoms with Crippen molar-refractivity contribution < 1.29 is 23.9 Å². The molecule has 0 saturated heterocycles. The Balaban J connectivity index is 0.788. The zero-order chi connectivity index (χ0) is 51.7. The molecule has 372 valence electrons. The minimum absolute atomic E-state index is 0.0422. The van der Waals surface area contributed by atoms with Crippen LogP contribution < -0.4 is 31.4 Å². The fraction of sp³-hybridized carbons (Fsp3) is 0.0896. The predicted octanol–water partition coefficient (Wildman–Crippen LogP) is 12.3. The summed E-state index contributed by atoms with van der Waals surface area (Å²) in [7, 11) is -2.23. The molecule has 2 N–H and O–H groups in total. The number of ether oxygens (including phenoxy) is 2. The van der Waals surface area contributed by atoms with E-state index in [2.05, 4.69) is 162 Å². The van der Waals surface area contributed by atoms with Crippen LogP contribution in [0.5, 0.6) is 0 Å². The van der Waals surface area contributed by atoms with Crippen LogP contribution in [0.4, 0.5) is 10.5 Å². The number of hydrogen-bond donors (Lipinski definition) is 2. The number of carbonyl (C=O) groups is 3. The van der Waals surface area contributed by atoms with Gasteiger partial charge in [-0.25, -0.2) is 9.59 Å². The Hall–Kier alpha value is -9.10. The van der Waals surface area contributed by atoms with Gasteiger partial charge in [0.05, 0.1) is 12.2 Å². The number of esters is 1. The van der Waals surface area contributed by atoms with Gasteiger partial charge in [0, 0.05) is 18.5 Å². The molecule has 76 heavy (non-hydrogen) atoms. The second-order valence-electron chi connectivity index (χ2n) is 18.9. The lowest BCUT2D eigenvalue weighted by atomic mass is 9.98. The summed E-state index contributed by atoms with van der Waals surface area (Å²) >= 11 is 0. The Labute approximate surface area is 444 Å². The fourth-order valence-electron chi connectivity index (χ4n) is 10.5. The third-order valence-corrected chi connectivity index (χ3v) is 18.5. The maximum Gasteiger partial charge on any atom is 0.407 e. The van der Waals surface area contributed by atoms with Gasteiger partial charge in [0.15, 0.2) is 0 Å². The van der Waals surface area contributed by atoms with Crippen LogP contribution in [0.3, 0.4) is 0 Å². The highest BCUT2D eigenvalue weighted by molar-refractivity contribution is 8.01. The highest BCUT2D eigenvalue weighted by Crippen LogP contribution is 2.54. The Kier molecular flexibility index (Phi) is 14.6. The Morgan fingerprint density at radius 2 is 0.961 bits per heavy atom. The number of amides is 2. The molecule has 0 aliphatic heterocycles. The average molecular weight is 1010 g/mol. The molecule has 1 atom stereocenters. The standard InChI is InChI=1S/C67H54N3O5P/c71-65(63(42-48-20-6-1-7-21-48)69-67(73)75-47-62-60-32-18-16-30-58(60)59-31-17-19-33-61(59)62)70(45-49-22-8-2-9-23-49)53-43-64(68-44-53)66(72)74-46-50-34-36-51(37-35-50)52-38-40-57(41-39-52)76(54-24-10-3-11-25-54,55-26-12-4-13-27-55)56-28-14-5-15-29-56/h1-41,43-44,62-63H,42,45-47H2,(H-,68,69,72,73)/p+1/t63-/m0/s1. The number of nitrogens with zero attached hydrogens (tertiary/aromatic N) is 1. The molecule has 0 fully saturated rings. The van der Waals surface area contributed by atoms with Gasteiger partial charge in [-0.1, -0.05) is 200 Å². The van der Waals surface area contributed by atoms with Crippen LogP contribution in [-0.2, 0) is 33.8 Å². The van der Waals surface area contributed by atoms with Crippen LogP contribution in [0.2, 0.25) is 0 Å². The summed E-state index contributed by atoms with van der Waals surface area (Å²) in [5.41, 5.74) is 9.72. The molecule has 1 aromatic heterocycles. The SMILES string of the molecule is O=C(N[C@@H](Cc1ccccc1)C(=O)N(Cc1ccccc1)c1c[nH]c(C(=O)OCc2ccc(-c3ccc([P+](c4ccccc4)(c4ccccc4)c4ccccc4)cc3)cc2)c1)OCC1c2ccccc2-c2ccccc21. The minimum Gasteiger partial charge on any atom is -0.456 e. The number of fused-ring (bicyclic) bond motifs is 3. The van der Waals surface area contributed by atoms with Gasteiger partial charge in [-0.3, -0.25) is 4.79 Å². The molecule has 9 heteroatoms. The molecular formula is C67H55N3O5P+. The topological polar surface area (TPSA) is 101 Å². The van der Waals surface area contributed by atoms with E-state index in [1.807, 2.05) is 97.1 Å². The summed E-state index contributed by atoms with van der Waals surface area (Å²) in [6, 6.07) is 85.6. The molecule has 11 rings (SSSR count). The maximum atomic E-state index is 15.0. The van der Waals surface area contributed by atoms with Gasteiger partial charge < -0.3 is 24.7 Å². The van der Waals surface area contributed by atoms with Crippen molar-refractivity contribution in [3.05, 3.63) is 294 Å². The summed E-state index contributed by atoms with van der Waals surface area (Å²) in [4.78, 5) is 47.1. The molecule has 9 aromatic carbocycles. The lowest BCUT2D eigenvalue weighted by molar-refractivity contribution is -0.120. The number of rotatable bonds is 17. The van der Waals surface area contributed by atoms with Crippen LogP contribution in [0.25, 0.3) is 22.3 Å². The highest BCUT2D eigenvalue weighted by atomic mass is 31.2. The van der Waals surface area contributed by atoms with E-state index in [1.54, 1.807) is 17.2 Å². The first-order chi connectivity index (χ1) is 37.4. The highest BCUT2D eigenvalue weighted by Gasteiger charge is 2.47. The second-order valence-corrected chi connectivity index (χ2v) is 22.3. The van der Waals surface area contributed by atoms with E-state index in [0.717, 1.165) is 50.1 Å². The van der Waals surface area contributed by atoms with Crippen molar-refractivity contribution in [1.29, 1.82) is 0 Å². The van der Waals surface area contributed by atoms with Crippen molar-refractivity contribution in [1.82, 2.24) is 10.3 Å². The molecule has 8 nitrogen and oxygen atoms in total. The number of hydrogen-bond acceptors (Lipinski definition) is 5. The number of aromatic amines is 1. The summed E-state index contributed by atoms with van der Waals surface area (Å²) in [6.45, 7) is 0.317. The van der Waals surface area contributed by atoms with Crippen LogP contribution >= 0.6 is 7.26 Å². The van der Waals surface area contributed by atoms with E-state index >= 15 is 0 Å². The van der Waals surface area contributed by atoms with Gasteiger partial charge >= 0.3 is 12.1 Å². The van der Waals surface area contributed by atoms with Crippen molar-refractivity contribution in [3.63, 3.8) is 0 Å². The number of H-pyrrole nitrogens is 1. The van der Waals surface area contributed by atoms with Crippen LogP contribution in [0, 0.1) is 0 Å². The second kappa shape index (κ2) is 22.6. The van der Waals surface area contributed by atoms with E-state index in [-0.39, 0.29) is 43.7 Å². The zero-order valence-corrected chi connectivity index (χ0v) is 42.6. The van der Waals surface area contributed by atoms with Gasteiger partial charge in [0.2, 0.25) is 5.91 Å². The number of nitrogens with one attached hydrogen (secondary N) is 2. The third kappa shape index (κ3) is 10.4. The van der Waals surface area contributed by atoms with E-state index in [0.29, 0.717) is 5.69 Å². The Morgan fingerprint density at radius 3 is 1.50 bits per heavy atom. The van der Waals surface area contributed by atoms with E-state index in [9.17, 15) is 14.4 Å². The fourth-order valence-corrected chi connectivity index (χ4v) is 14.7. The van der Waals surface area contributed by atoms with Gasteiger partial charge in [0.1, 0.15) is 53.4 Å². The predicted molar refractivity (Wildman–Crippen MR) is 306 cm³/mol. The third-order valence-electron chi connectivity index (χ3n) is 14.2. The number of carbonyl (C=O) groups excluding carboxylic acids is 3. The first kappa shape index (κ1) is 49.1. The van der Waals surface area contributed by atoms with Crippen molar-refractivity contribution in [2.24, 2.45) is 0 Å². The number of alkyl carbamates (subject to hydrolysis) is 1. The largest absolute Gasteiger partial charge is 0.456 e. The molecular weight excluding hydrogens is 958 g/mol. The van der Waals surface area contributed by atoms with E-state index in [1.165, 1.54) is 21.2 Å². The van der Waals surface area contributed by atoms with Gasteiger partial charge in [0.25, 0.3) is 0 Å². The van der Waals surface area contributed by atoms with Crippen molar-refractivity contribution in [2.45, 2.75) is 31.5 Å². The van der Waals surface area contributed by atoms with E-state index in [4.69, 9.17) is 9.47 Å². The summed E-state index contributed by atoms with van der Waals surface area (Å²) in [5, 5.41) is 8.07. The molecule has 0 saturated carbocycles. The lowest BCUT2D eigenvalue weighted by Crippen LogP contribution is -2.50. The van der Waals surface area contributed by atoms with Crippen LogP contribution in [-0.4, -0.2) is 35.6 Å². The Morgan fingerprint density at radius 1 is 0.500 bits per heavy atom. The smallest absolute Gasteiger partial charge is 0.407 e. The van der Waals surface area contributed by atoms with Gasteiger partial charge in [-0.15, -0.1) is 0 Å². The quantitative estimate of drug-likeness (QED) is 0.0699. The molecule has 0 radical (unpaired) electrons. The first-order valence-electron chi connectivity index (χ1n) is 25.5. The molecule has 2 amide bonds. The lowest BCUT2D eigenvalue weighted by Gasteiger charge is -2.27. The molecule has 0 unspecified atom stereocenters. The number of aromatic nitrogens is 1. The molecule has 1 aliphatic rings. The molecule has 10 aromatic rings. The zero-order valence-electron chi connectivity index (χ0n) is 41.7. The maximum absolute atomic E-state index is 15.0. The van der Waals surface area contributed by atoms with E-state index < -0.39 is 25.4 Å². The molecule has 1 aliphatic carbocycles. The van der Waals surface area contributed by atoms with Gasteiger partial charge in [-0.2, -0.15) is 0 Å². The minimum atomic E-state index is -2.23. The van der Waals surface area contributed by atoms with Crippen LogP contribution in [0.1, 0.15) is 44.2 Å². The molecule has 0 bridgehead atoms. The normalized spacial score (nSPS) is 12.2. The van der Waals surface area contributed by atoms with Gasteiger partial charge in [-0.05, 0) is 105 Å². The number of anilines is 1. The first-order valence-corrected chi connectivity index (χ1v) is 27.3. The molecule has 1 heterocycles.